The first-order valence-corrected chi connectivity index (χ1v) is 6.25. The van der Waals surface area contributed by atoms with E-state index in [1.165, 1.54) is 0 Å². The van der Waals surface area contributed by atoms with E-state index >= 15 is 0 Å². The van der Waals surface area contributed by atoms with Gasteiger partial charge in [0.1, 0.15) is 4.21 Å². The van der Waals surface area contributed by atoms with Gasteiger partial charge in [0.15, 0.2) is 0 Å². The van der Waals surface area contributed by atoms with Crippen LogP contribution >= 0.6 is 22.0 Å². The minimum atomic E-state index is -3.51. The summed E-state index contributed by atoms with van der Waals surface area (Å²) in [6.45, 7) is 1.90. The third-order valence-corrected chi connectivity index (χ3v) is 4.45. The van der Waals surface area contributed by atoms with Gasteiger partial charge in [-0.1, -0.05) is 6.92 Å². The van der Waals surface area contributed by atoms with Crippen LogP contribution in [0.5, 0.6) is 0 Å². The van der Waals surface area contributed by atoms with Crippen molar-refractivity contribution in [2.75, 3.05) is 0 Å². The lowest BCUT2D eigenvalue weighted by Gasteiger charge is -1.93. The smallest absolute Gasteiger partial charge is 0.206 e. The highest BCUT2D eigenvalue weighted by Gasteiger charge is 2.15. The van der Waals surface area contributed by atoms with Crippen LogP contribution in [0.1, 0.15) is 12.5 Å². The Hall–Kier alpha value is -0.0600. The zero-order valence-corrected chi connectivity index (χ0v) is 8.26. The van der Waals surface area contributed by atoms with Gasteiger partial charge in [-0.05, 0) is 23.4 Å². The summed E-state index contributed by atoms with van der Waals surface area (Å²) in [5.41, 5.74) is 0.796. The van der Waals surface area contributed by atoms with E-state index in [1.807, 2.05) is 6.92 Å². The Balaban J connectivity index is 3.24. The van der Waals surface area contributed by atoms with Crippen molar-refractivity contribution in [2.24, 2.45) is 0 Å². The summed E-state index contributed by atoms with van der Waals surface area (Å²) < 4.78 is 22.0. The predicted octanol–water partition coefficient (Wildman–Crippen LogP) is 2.24. The van der Waals surface area contributed by atoms with Crippen LogP contribution in [0.15, 0.2) is 15.7 Å². The van der Waals surface area contributed by atoms with Crippen LogP contribution in [0.2, 0.25) is 0 Å². The fraction of sp³-hybridized carbons (Fsp3) is 0.333. The maximum absolute atomic E-state index is 10.8. The molecule has 0 bridgehead atoms. The second-order valence-corrected chi connectivity index (χ2v) is 5.70. The average molecular weight is 211 g/mol. The van der Waals surface area contributed by atoms with Crippen molar-refractivity contribution >= 4 is 31.1 Å². The second kappa shape index (κ2) is 3.13. The van der Waals surface area contributed by atoms with Crippen LogP contribution < -0.4 is 0 Å². The first-order valence-electron chi connectivity index (χ1n) is 3.06. The first kappa shape index (κ1) is 9.03. The fourth-order valence-electron chi connectivity index (χ4n) is 0.798. The van der Waals surface area contributed by atoms with E-state index in [4.69, 9.17) is 10.7 Å². The van der Waals surface area contributed by atoms with Gasteiger partial charge in [0.25, 0.3) is 9.05 Å². The molecule has 0 aliphatic carbocycles. The lowest BCUT2D eigenvalue weighted by Crippen LogP contribution is -1.90. The van der Waals surface area contributed by atoms with Gasteiger partial charge in [-0.25, -0.2) is 8.42 Å². The highest BCUT2D eigenvalue weighted by atomic mass is 35.7. The molecule has 0 aromatic carbocycles. The molecule has 0 amide bonds. The van der Waals surface area contributed by atoms with Gasteiger partial charge in [-0.2, -0.15) is 0 Å². The molecule has 5 heteroatoms. The SMILES string of the molecule is CCc1ccsc1S(=O)(=O)Cl. The lowest BCUT2D eigenvalue weighted by atomic mass is 10.3. The lowest BCUT2D eigenvalue weighted by molar-refractivity contribution is 0.610. The van der Waals surface area contributed by atoms with Gasteiger partial charge in [0, 0.05) is 10.7 Å². The number of halogens is 1. The van der Waals surface area contributed by atoms with Crippen molar-refractivity contribution in [1.82, 2.24) is 0 Å². The van der Waals surface area contributed by atoms with Gasteiger partial charge in [0.2, 0.25) is 0 Å². The topological polar surface area (TPSA) is 34.1 Å². The van der Waals surface area contributed by atoms with Crippen molar-refractivity contribution in [1.29, 1.82) is 0 Å². The molecule has 0 fully saturated rings. The average Bonchev–Trinajstić information content (AvgIpc) is 2.31. The zero-order chi connectivity index (χ0) is 8.48. The summed E-state index contributed by atoms with van der Waals surface area (Å²) in [7, 11) is 1.65. The normalized spacial score (nSPS) is 11.8. The standard InChI is InChI=1S/C6H7ClO2S2/c1-2-5-3-4-10-6(5)11(7,8)9/h3-4H,2H2,1H3. The molecule has 11 heavy (non-hydrogen) atoms. The van der Waals surface area contributed by atoms with Crippen molar-refractivity contribution in [3.8, 4) is 0 Å². The van der Waals surface area contributed by atoms with E-state index in [9.17, 15) is 8.42 Å². The Morgan fingerprint density at radius 3 is 2.64 bits per heavy atom. The van der Waals surface area contributed by atoms with Crippen LogP contribution in [-0.2, 0) is 15.5 Å². The summed E-state index contributed by atoms with van der Waals surface area (Å²) in [5.74, 6) is 0. The van der Waals surface area contributed by atoms with Crippen LogP contribution in [0.4, 0.5) is 0 Å². The quantitative estimate of drug-likeness (QED) is 0.702. The molecule has 0 saturated carbocycles. The highest BCUT2D eigenvalue weighted by Crippen LogP contribution is 2.26. The summed E-state index contributed by atoms with van der Waals surface area (Å²) in [5, 5.41) is 1.73. The van der Waals surface area contributed by atoms with E-state index in [1.54, 1.807) is 11.4 Å². The summed E-state index contributed by atoms with van der Waals surface area (Å²) >= 11 is 1.16. The van der Waals surface area contributed by atoms with Crippen LogP contribution in [0.3, 0.4) is 0 Å². The molecule has 1 heterocycles. The molecular weight excluding hydrogens is 204 g/mol. The van der Waals surface area contributed by atoms with Crippen LogP contribution in [0.25, 0.3) is 0 Å². The van der Waals surface area contributed by atoms with E-state index in [-0.39, 0.29) is 4.21 Å². The molecule has 1 rings (SSSR count). The molecule has 62 valence electrons. The monoisotopic (exact) mass is 210 g/mol. The van der Waals surface area contributed by atoms with Gasteiger partial charge < -0.3 is 0 Å². The van der Waals surface area contributed by atoms with E-state index in [2.05, 4.69) is 0 Å². The third kappa shape index (κ3) is 1.95. The second-order valence-electron chi connectivity index (χ2n) is 2.02. The molecule has 0 radical (unpaired) electrons. The first-order chi connectivity index (χ1) is 5.05. The van der Waals surface area contributed by atoms with E-state index < -0.39 is 9.05 Å². The van der Waals surface area contributed by atoms with Gasteiger partial charge >= 0.3 is 0 Å². The van der Waals surface area contributed by atoms with Crippen LogP contribution in [-0.4, -0.2) is 8.42 Å². The molecule has 0 atom stereocenters. The van der Waals surface area contributed by atoms with Crippen molar-refractivity contribution in [3.63, 3.8) is 0 Å². The zero-order valence-electron chi connectivity index (χ0n) is 5.87. The molecule has 2 nitrogen and oxygen atoms in total. The number of aryl methyl sites for hydroxylation is 1. The summed E-state index contributed by atoms with van der Waals surface area (Å²) in [6, 6.07) is 1.78. The van der Waals surface area contributed by atoms with Crippen molar-refractivity contribution in [2.45, 2.75) is 17.6 Å². The summed E-state index contributed by atoms with van der Waals surface area (Å²) in [4.78, 5) is 0. The van der Waals surface area contributed by atoms with E-state index in [0.717, 1.165) is 16.9 Å². The maximum Gasteiger partial charge on any atom is 0.271 e. The number of thiophene rings is 1. The Morgan fingerprint density at radius 1 is 1.64 bits per heavy atom. The molecule has 0 N–H and O–H groups in total. The Morgan fingerprint density at radius 2 is 2.27 bits per heavy atom. The molecule has 0 unspecified atom stereocenters. The molecule has 0 aliphatic heterocycles. The minimum absolute atomic E-state index is 0.279. The van der Waals surface area contributed by atoms with Crippen molar-refractivity contribution < 1.29 is 8.42 Å². The highest BCUT2D eigenvalue weighted by molar-refractivity contribution is 8.15. The maximum atomic E-state index is 10.8. The minimum Gasteiger partial charge on any atom is -0.206 e. The van der Waals surface area contributed by atoms with Gasteiger partial charge in [0.05, 0.1) is 0 Å². The molecule has 0 saturated heterocycles. The largest absolute Gasteiger partial charge is 0.271 e. The van der Waals surface area contributed by atoms with Crippen molar-refractivity contribution in [3.05, 3.63) is 17.0 Å². The number of hydrogen-bond acceptors (Lipinski definition) is 3. The number of rotatable bonds is 2. The summed E-state index contributed by atoms with van der Waals surface area (Å²) in [6.07, 6.45) is 0.699. The Bertz CT molecular complexity index is 339. The fourth-order valence-corrected chi connectivity index (χ4v) is 3.29. The van der Waals surface area contributed by atoms with E-state index in [0.29, 0.717) is 6.42 Å². The molecule has 0 aliphatic rings. The molecule has 1 aromatic rings. The van der Waals surface area contributed by atoms with Crippen LogP contribution in [0, 0.1) is 0 Å². The predicted molar refractivity (Wildman–Crippen MR) is 46.7 cm³/mol. The third-order valence-electron chi connectivity index (χ3n) is 1.31. The Kier molecular flexibility index (Phi) is 2.57. The molecule has 0 spiro atoms. The molecular formula is C6H7ClO2S2. The van der Waals surface area contributed by atoms with Gasteiger partial charge in [-0.15, -0.1) is 11.3 Å². The van der Waals surface area contributed by atoms with Gasteiger partial charge in [-0.3, -0.25) is 0 Å². The Labute approximate surface area is 74.2 Å². The number of hydrogen-bond donors (Lipinski definition) is 0. The molecule has 1 aromatic heterocycles.